The molecule has 1 aromatic carbocycles. The van der Waals surface area contributed by atoms with E-state index < -0.39 is 0 Å². The number of hydrogen-bond acceptors (Lipinski definition) is 1. The summed E-state index contributed by atoms with van der Waals surface area (Å²) in [5, 5.41) is 1.90. The van der Waals surface area contributed by atoms with E-state index in [2.05, 4.69) is 4.98 Å². The average molecular weight is 236 g/mol. The Bertz CT molecular complexity index is 542. The molecule has 0 aliphatic heterocycles. The van der Waals surface area contributed by atoms with Gasteiger partial charge in [0, 0.05) is 28.0 Å². The van der Waals surface area contributed by atoms with Gasteiger partial charge in [-0.25, -0.2) is 0 Å². The number of ketones is 1. The van der Waals surface area contributed by atoms with Gasteiger partial charge in [0.2, 0.25) is 0 Å². The van der Waals surface area contributed by atoms with Crippen LogP contribution in [0, 0.1) is 6.92 Å². The molecule has 16 heavy (non-hydrogen) atoms. The molecule has 1 heterocycles. The molecule has 0 saturated heterocycles. The number of fused-ring (bicyclic) bond motifs is 1. The fraction of sp³-hybridized carbons (Fsp3) is 0.308. The molecule has 1 aromatic heterocycles. The van der Waals surface area contributed by atoms with Crippen LogP contribution in [0.25, 0.3) is 10.9 Å². The smallest absolute Gasteiger partial charge is 0.130 e. The molecule has 84 valence electrons. The lowest BCUT2D eigenvalue weighted by molar-refractivity contribution is -0.116. The summed E-state index contributed by atoms with van der Waals surface area (Å²) in [7, 11) is 0. The number of halogens is 1. The van der Waals surface area contributed by atoms with Crippen LogP contribution in [0.5, 0.6) is 0 Å². The van der Waals surface area contributed by atoms with Crippen molar-refractivity contribution in [1.29, 1.82) is 0 Å². The molecule has 3 heteroatoms. The van der Waals surface area contributed by atoms with Crippen molar-refractivity contribution < 1.29 is 4.79 Å². The zero-order valence-electron chi connectivity index (χ0n) is 9.43. The molecule has 2 nitrogen and oxygen atoms in total. The first-order valence-electron chi connectivity index (χ1n) is 5.34. The normalized spacial score (nSPS) is 10.9. The monoisotopic (exact) mass is 235 g/mol. The van der Waals surface area contributed by atoms with Gasteiger partial charge in [0.05, 0.1) is 0 Å². The van der Waals surface area contributed by atoms with Crippen LogP contribution in [0.3, 0.4) is 0 Å². The largest absolute Gasteiger partial charge is 0.358 e. The van der Waals surface area contributed by atoms with Crippen LogP contribution in [0.2, 0.25) is 5.02 Å². The Hall–Kier alpha value is -1.28. The Labute approximate surface area is 99.6 Å². The maximum Gasteiger partial charge on any atom is 0.130 e. The minimum atomic E-state index is 0.225. The number of benzene rings is 1. The maximum absolute atomic E-state index is 11.0. The lowest BCUT2D eigenvalue weighted by atomic mass is 10.0. The molecule has 2 rings (SSSR count). The summed E-state index contributed by atoms with van der Waals surface area (Å²) in [4.78, 5) is 14.3. The number of H-pyrrole nitrogens is 1. The van der Waals surface area contributed by atoms with E-state index in [1.165, 1.54) is 10.9 Å². The van der Waals surface area contributed by atoms with Crippen LogP contribution in [-0.2, 0) is 11.2 Å². The third kappa shape index (κ3) is 2.12. The molecule has 0 atom stereocenters. The van der Waals surface area contributed by atoms with Gasteiger partial charge in [-0.15, -0.1) is 0 Å². The van der Waals surface area contributed by atoms with Crippen molar-refractivity contribution in [3.63, 3.8) is 0 Å². The number of aromatic nitrogens is 1. The van der Waals surface area contributed by atoms with Crippen LogP contribution in [0.1, 0.15) is 24.6 Å². The number of aromatic amines is 1. The zero-order chi connectivity index (χ0) is 11.7. The van der Waals surface area contributed by atoms with E-state index in [1.54, 1.807) is 6.92 Å². The quantitative estimate of drug-likeness (QED) is 0.866. The highest BCUT2D eigenvalue weighted by Crippen LogP contribution is 2.25. The molecule has 0 aliphatic carbocycles. The Morgan fingerprint density at radius 1 is 1.44 bits per heavy atom. The van der Waals surface area contributed by atoms with Gasteiger partial charge in [0.1, 0.15) is 5.78 Å². The molecule has 0 radical (unpaired) electrons. The molecule has 0 aliphatic rings. The second-order valence-corrected chi connectivity index (χ2v) is 4.56. The fourth-order valence-corrected chi connectivity index (χ4v) is 2.16. The third-order valence-corrected chi connectivity index (χ3v) is 3.04. The van der Waals surface area contributed by atoms with Crippen LogP contribution in [0.15, 0.2) is 18.2 Å². The topological polar surface area (TPSA) is 32.9 Å². The van der Waals surface area contributed by atoms with Gasteiger partial charge in [-0.05, 0) is 38.0 Å². The summed E-state index contributed by atoms with van der Waals surface area (Å²) in [6.45, 7) is 3.66. The van der Waals surface area contributed by atoms with E-state index in [-0.39, 0.29) is 5.78 Å². The Kier molecular flexibility index (Phi) is 3.01. The highest BCUT2D eigenvalue weighted by Gasteiger charge is 2.09. The number of rotatable bonds is 3. The SMILES string of the molecule is CC(=O)CCc1c(C)[nH]c2cc(Cl)ccc12. The third-order valence-electron chi connectivity index (χ3n) is 2.81. The van der Waals surface area contributed by atoms with Crippen molar-refractivity contribution in [1.82, 2.24) is 4.98 Å². The Morgan fingerprint density at radius 3 is 2.88 bits per heavy atom. The predicted molar refractivity (Wildman–Crippen MR) is 67.0 cm³/mol. The molecule has 0 spiro atoms. The summed E-state index contributed by atoms with van der Waals surface area (Å²) >= 11 is 5.93. The van der Waals surface area contributed by atoms with E-state index in [0.717, 1.165) is 22.7 Å². The van der Waals surface area contributed by atoms with Crippen LogP contribution in [0.4, 0.5) is 0 Å². The van der Waals surface area contributed by atoms with Gasteiger partial charge in [-0.2, -0.15) is 0 Å². The molecule has 1 N–H and O–H groups in total. The predicted octanol–water partition coefficient (Wildman–Crippen LogP) is 3.65. The van der Waals surface area contributed by atoms with Gasteiger partial charge >= 0.3 is 0 Å². The molecule has 0 amide bonds. The van der Waals surface area contributed by atoms with Gasteiger partial charge in [-0.1, -0.05) is 17.7 Å². The van der Waals surface area contributed by atoms with Gasteiger partial charge in [0.25, 0.3) is 0 Å². The van der Waals surface area contributed by atoms with Crippen LogP contribution in [-0.4, -0.2) is 10.8 Å². The Morgan fingerprint density at radius 2 is 2.19 bits per heavy atom. The summed E-state index contributed by atoms with van der Waals surface area (Å²) < 4.78 is 0. The molecule has 0 saturated carbocycles. The number of aryl methyl sites for hydroxylation is 2. The van der Waals surface area contributed by atoms with Crippen molar-refractivity contribution in [2.45, 2.75) is 26.7 Å². The average Bonchev–Trinajstić information content (AvgIpc) is 2.50. The molecule has 0 bridgehead atoms. The molecule has 0 unspecified atom stereocenters. The maximum atomic E-state index is 11.0. The van der Waals surface area contributed by atoms with Gasteiger partial charge < -0.3 is 9.78 Å². The highest BCUT2D eigenvalue weighted by atomic mass is 35.5. The number of nitrogens with one attached hydrogen (secondary N) is 1. The van der Waals surface area contributed by atoms with E-state index in [9.17, 15) is 4.79 Å². The van der Waals surface area contributed by atoms with E-state index in [0.29, 0.717) is 6.42 Å². The highest BCUT2D eigenvalue weighted by molar-refractivity contribution is 6.31. The molecular weight excluding hydrogens is 222 g/mol. The van der Waals surface area contributed by atoms with Crippen LogP contribution < -0.4 is 0 Å². The number of carbonyl (C=O) groups is 1. The standard InChI is InChI=1S/C13H14ClNO/c1-8(16)3-5-11-9(2)15-13-7-10(14)4-6-12(11)13/h4,6-7,15H,3,5H2,1-2H3. The minimum absolute atomic E-state index is 0.225. The lowest BCUT2D eigenvalue weighted by Crippen LogP contribution is -1.94. The second kappa shape index (κ2) is 4.30. The van der Waals surface area contributed by atoms with Crippen LogP contribution >= 0.6 is 11.6 Å². The summed E-state index contributed by atoms with van der Waals surface area (Å²) in [6, 6.07) is 5.81. The van der Waals surface area contributed by atoms with Gasteiger partial charge in [-0.3, -0.25) is 0 Å². The summed E-state index contributed by atoms with van der Waals surface area (Å²) in [5.41, 5.74) is 3.39. The summed E-state index contributed by atoms with van der Waals surface area (Å²) in [5.74, 6) is 0.225. The van der Waals surface area contributed by atoms with Crippen molar-refractivity contribution in [3.8, 4) is 0 Å². The minimum Gasteiger partial charge on any atom is -0.358 e. The second-order valence-electron chi connectivity index (χ2n) is 4.12. The van der Waals surface area contributed by atoms with Crippen molar-refractivity contribution in [2.75, 3.05) is 0 Å². The number of carbonyl (C=O) groups excluding carboxylic acids is 1. The van der Waals surface area contributed by atoms with Gasteiger partial charge in [0.15, 0.2) is 0 Å². The number of hydrogen-bond donors (Lipinski definition) is 1. The fourth-order valence-electron chi connectivity index (χ4n) is 1.99. The van der Waals surface area contributed by atoms with E-state index in [4.69, 9.17) is 11.6 Å². The Balaban J connectivity index is 2.43. The first kappa shape index (κ1) is 11.2. The molecule has 0 fully saturated rings. The molecular formula is C13H14ClNO. The van der Waals surface area contributed by atoms with Crippen molar-refractivity contribution in [2.24, 2.45) is 0 Å². The van der Waals surface area contributed by atoms with Crippen molar-refractivity contribution in [3.05, 3.63) is 34.5 Å². The van der Waals surface area contributed by atoms with Crippen molar-refractivity contribution >= 4 is 28.3 Å². The zero-order valence-corrected chi connectivity index (χ0v) is 10.2. The first-order chi connectivity index (χ1) is 7.58. The first-order valence-corrected chi connectivity index (χ1v) is 5.72. The van der Waals surface area contributed by atoms with E-state index in [1.807, 2.05) is 25.1 Å². The summed E-state index contributed by atoms with van der Waals surface area (Å²) in [6.07, 6.45) is 1.39. The van der Waals surface area contributed by atoms with E-state index >= 15 is 0 Å². The lowest BCUT2D eigenvalue weighted by Gasteiger charge is -1.99. The number of Topliss-reactive ketones (excluding diaryl/α,β-unsaturated/α-hetero) is 1. The molecule has 2 aromatic rings.